The fourth-order valence-electron chi connectivity index (χ4n) is 4.13. The van der Waals surface area contributed by atoms with Crippen molar-refractivity contribution in [2.24, 2.45) is 0 Å². The number of morpholine rings is 1. The summed E-state index contributed by atoms with van der Waals surface area (Å²) < 4.78 is 5.39. The number of ether oxygens (including phenoxy) is 1. The molecule has 162 valence electrons. The van der Waals surface area contributed by atoms with Crippen molar-refractivity contribution >= 4 is 23.1 Å². The number of rotatable bonds is 7. The number of imide groups is 1. The molecule has 0 aromatic heterocycles. The van der Waals surface area contributed by atoms with Crippen molar-refractivity contribution in [2.45, 2.75) is 20.3 Å². The van der Waals surface area contributed by atoms with Crippen LogP contribution in [0.25, 0.3) is 5.57 Å². The first-order valence-corrected chi connectivity index (χ1v) is 10.8. The number of aryl methyl sites for hydroxylation is 2. The van der Waals surface area contributed by atoms with E-state index in [0.717, 1.165) is 61.6 Å². The van der Waals surface area contributed by atoms with Crippen LogP contribution in [0.1, 0.15) is 23.1 Å². The van der Waals surface area contributed by atoms with Crippen LogP contribution in [-0.2, 0) is 14.3 Å². The molecule has 0 radical (unpaired) electrons. The Labute approximate surface area is 183 Å². The van der Waals surface area contributed by atoms with Gasteiger partial charge in [0.05, 0.1) is 18.8 Å². The number of nitrogens with zero attached hydrogens (tertiary/aromatic N) is 2. The van der Waals surface area contributed by atoms with Crippen LogP contribution >= 0.6 is 0 Å². The van der Waals surface area contributed by atoms with Gasteiger partial charge in [0.2, 0.25) is 0 Å². The predicted molar refractivity (Wildman–Crippen MR) is 121 cm³/mol. The van der Waals surface area contributed by atoms with Crippen LogP contribution in [0.4, 0.5) is 5.69 Å². The van der Waals surface area contributed by atoms with Crippen LogP contribution < -0.4 is 5.32 Å². The molecule has 2 heterocycles. The Balaban J connectivity index is 1.56. The lowest BCUT2D eigenvalue weighted by molar-refractivity contribution is -0.136. The van der Waals surface area contributed by atoms with Gasteiger partial charge < -0.3 is 10.1 Å². The van der Waals surface area contributed by atoms with E-state index in [1.54, 1.807) is 0 Å². The summed E-state index contributed by atoms with van der Waals surface area (Å²) in [5, 5.41) is 3.28. The molecule has 2 aliphatic heterocycles. The highest BCUT2D eigenvalue weighted by atomic mass is 16.5. The molecule has 1 fully saturated rings. The van der Waals surface area contributed by atoms with Gasteiger partial charge in [0.1, 0.15) is 5.70 Å². The lowest BCUT2D eigenvalue weighted by atomic mass is 10.0. The summed E-state index contributed by atoms with van der Waals surface area (Å²) in [5.74, 6) is -0.490. The maximum atomic E-state index is 13.3. The number of carbonyl (C=O) groups excluding carboxylic acids is 2. The number of amides is 2. The SMILES string of the molecule is Cc1ccc(NC2=C(c3ccccc3)C(=O)N(CCCN3CCOCC3)C2=O)c(C)c1. The predicted octanol–water partition coefficient (Wildman–Crippen LogP) is 3.22. The van der Waals surface area contributed by atoms with Gasteiger partial charge >= 0.3 is 0 Å². The summed E-state index contributed by atoms with van der Waals surface area (Å²) in [6.07, 6.45) is 0.746. The lowest BCUT2D eigenvalue weighted by Crippen LogP contribution is -2.39. The monoisotopic (exact) mass is 419 g/mol. The molecule has 0 atom stereocenters. The van der Waals surface area contributed by atoms with Gasteiger partial charge in [-0.2, -0.15) is 0 Å². The van der Waals surface area contributed by atoms with Gasteiger partial charge in [0, 0.05) is 31.9 Å². The van der Waals surface area contributed by atoms with Gasteiger partial charge in [-0.15, -0.1) is 0 Å². The summed E-state index contributed by atoms with van der Waals surface area (Å²) in [4.78, 5) is 30.3. The molecule has 0 aliphatic carbocycles. The minimum Gasteiger partial charge on any atom is -0.379 e. The molecule has 2 aromatic carbocycles. The summed E-state index contributed by atoms with van der Waals surface area (Å²) in [5.41, 5.74) is 4.57. The Hall–Kier alpha value is -2.96. The first kappa shape index (κ1) is 21.3. The molecule has 1 saturated heterocycles. The van der Waals surface area contributed by atoms with Crippen LogP contribution in [0.5, 0.6) is 0 Å². The summed E-state index contributed by atoms with van der Waals surface area (Å²) in [6, 6.07) is 15.4. The molecule has 6 heteroatoms. The van der Waals surface area contributed by atoms with Gasteiger partial charge in [-0.25, -0.2) is 0 Å². The summed E-state index contributed by atoms with van der Waals surface area (Å²) in [7, 11) is 0. The zero-order chi connectivity index (χ0) is 21.8. The van der Waals surface area contributed by atoms with E-state index in [1.165, 1.54) is 4.90 Å². The number of carbonyl (C=O) groups is 2. The average molecular weight is 420 g/mol. The van der Waals surface area contributed by atoms with Crippen LogP contribution in [0.2, 0.25) is 0 Å². The van der Waals surface area contributed by atoms with E-state index in [2.05, 4.69) is 16.3 Å². The Morgan fingerprint density at radius 1 is 0.935 bits per heavy atom. The highest BCUT2D eigenvalue weighted by Gasteiger charge is 2.39. The third-order valence-electron chi connectivity index (χ3n) is 5.83. The summed E-state index contributed by atoms with van der Waals surface area (Å²) >= 11 is 0. The van der Waals surface area contributed by atoms with E-state index in [1.807, 2.05) is 56.3 Å². The van der Waals surface area contributed by atoms with Gasteiger partial charge in [-0.1, -0.05) is 48.0 Å². The molecular formula is C25H29N3O3. The van der Waals surface area contributed by atoms with E-state index in [9.17, 15) is 9.59 Å². The first-order chi connectivity index (χ1) is 15.0. The van der Waals surface area contributed by atoms with Crippen LogP contribution in [0.15, 0.2) is 54.2 Å². The Kier molecular flexibility index (Phi) is 6.49. The minimum atomic E-state index is -0.259. The zero-order valence-electron chi connectivity index (χ0n) is 18.2. The molecule has 2 aliphatic rings. The number of hydrogen-bond acceptors (Lipinski definition) is 5. The molecule has 1 N–H and O–H groups in total. The highest BCUT2D eigenvalue weighted by molar-refractivity contribution is 6.36. The largest absolute Gasteiger partial charge is 0.379 e. The highest BCUT2D eigenvalue weighted by Crippen LogP contribution is 2.31. The second kappa shape index (κ2) is 9.45. The van der Waals surface area contributed by atoms with Crippen molar-refractivity contribution in [3.8, 4) is 0 Å². The molecule has 0 unspecified atom stereocenters. The third kappa shape index (κ3) is 4.70. The fraction of sp³-hybridized carbons (Fsp3) is 0.360. The van der Waals surface area contributed by atoms with Crippen molar-refractivity contribution in [2.75, 3.05) is 44.7 Å². The van der Waals surface area contributed by atoms with Gasteiger partial charge in [-0.05, 0) is 37.5 Å². The first-order valence-electron chi connectivity index (χ1n) is 10.8. The normalized spacial score (nSPS) is 17.5. The molecule has 2 amide bonds. The van der Waals surface area contributed by atoms with Gasteiger partial charge in [-0.3, -0.25) is 19.4 Å². The standard InChI is InChI=1S/C25H29N3O3/c1-18-9-10-21(19(2)17-18)26-23-22(20-7-4-3-5-8-20)24(29)28(25(23)30)12-6-11-27-13-15-31-16-14-27/h3-5,7-10,17,26H,6,11-16H2,1-2H3. The van der Waals surface area contributed by atoms with Gasteiger partial charge in [0.25, 0.3) is 11.8 Å². The van der Waals surface area contributed by atoms with Crippen molar-refractivity contribution in [3.05, 3.63) is 70.9 Å². The second-order valence-corrected chi connectivity index (χ2v) is 8.13. The third-order valence-corrected chi connectivity index (χ3v) is 5.83. The van der Waals surface area contributed by atoms with E-state index in [4.69, 9.17) is 4.74 Å². The van der Waals surface area contributed by atoms with E-state index >= 15 is 0 Å². The molecule has 0 spiro atoms. The number of hydrogen-bond donors (Lipinski definition) is 1. The molecular weight excluding hydrogens is 390 g/mol. The average Bonchev–Trinajstić information content (AvgIpc) is 3.01. The van der Waals surface area contributed by atoms with Crippen LogP contribution in [-0.4, -0.2) is 61.0 Å². The van der Waals surface area contributed by atoms with E-state index < -0.39 is 0 Å². The smallest absolute Gasteiger partial charge is 0.278 e. The van der Waals surface area contributed by atoms with E-state index in [-0.39, 0.29) is 11.8 Å². The molecule has 6 nitrogen and oxygen atoms in total. The zero-order valence-corrected chi connectivity index (χ0v) is 18.2. The number of benzene rings is 2. The van der Waals surface area contributed by atoms with E-state index in [0.29, 0.717) is 17.8 Å². The van der Waals surface area contributed by atoms with Crippen molar-refractivity contribution < 1.29 is 14.3 Å². The second-order valence-electron chi connectivity index (χ2n) is 8.13. The summed E-state index contributed by atoms with van der Waals surface area (Å²) in [6.45, 7) is 8.57. The molecule has 2 aromatic rings. The van der Waals surface area contributed by atoms with Crippen molar-refractivity contribution in [1.82, 2.24) is 9.80 Å². The quantitative estimate of drug-likeness (QED) is 0.699. The van der Waals surface area contributed by atoms with Gasteiger partial charge in [0.15, 0.2) is 0 Å². The molecule has 4 rings (SSSR count). The minimum absolute atomic E-state index is 0.231. The number of anilines is 1. The lowest BCUT2D eigenvalue weighted by Gasteiger charge is -2.27. The Morgan fingerprint density at radius 2 is 1.68 bits per heavy atom. The number of nitrogens with one attached hydrogen (secondary N) is 1. The molecule has 31 heavy (non-hydrogen) atoms. The Morgan fingerprint density at radius 3 is 2.39 bits per heavy atom. The molecule has 0 saturated carbocycles. The van der Waals surface area contributed by atoms with Crippen LogP contribution in [0, 0.1) is 13.8 Å². The van der Waals surface area contributed by atoms with Crippen molar-refractivity contribution in [3.63, 3.8) is 0 Å². The fourth-order valence-corrected chi connectivity index (χ4v) is 4.13. The topological polar surface area (TPSA) is 61.9 Å². The van der Waals surface area contributed by atoms with Crippen LogP contribution in [0.3, 0.4) is 0 Å². The maximum absolute atomic E-state index is 13.3. The van der Waals surface area contributed by atoms with Crippen molar-refractivity contribution in [1.29, 1.82) is 0 Å². The molecule has 0 bridgehead atoms. The maximum Gasteiger partial charge on any atom is 0.278 e. The Bertz CT molecular complexity index is 994.